The summed E-state index contributed by atoms with van der Waals surface area (Å²) in [4.78, 5) is 43.3. The SMILES string of the molecule is CN1CCN(c2ccc(N/C=C3/C(=O)Nc4cc(C(=O)c5cccc(NC(=O)Nc6ccc(Cl)cc6F)c5)ccc43)cc2)CC1. The highest BCUT2D eigenvalue weighted by molar-refractivity contribution is 6.32. The van der Waals surface area contributed by atoms with Crippen molar-refractivity contribution in [1.82, 2.24) is 4.90 Å². The van der Waals surface area contributed by atoms with Gasteiger partial charge >= 0.3 is 6.03 Å². The summed E-state index contributed by atoms with van der Waals surface area (Å²) in [7, 11) is 2.13. The minimum Gasteiger partial charge on any atom is -0.369 e. The number of carbonyl (C=O) groups is 3. The van der Waals surface area contributed by atoms with Crippen LogP contribution in [0, 0.1) is 5.82 Å². The van der Waals surface area contributed by atoms with Gasteiger partial charge < -0.3 is 31.1 Å². The van der Waals surface area contributed by atoms with Crippen molar-refractivity contribution >= 4 is 63.3 Å². The lowest BCUT2D eigenvalue weighted by atomic mass is 9.99. The second-order valence-corrected chi connectivity index (χ2v) is 11.3. The molecule has 0 aliphatic carbocycles. The van der Waals surface area contributed by atoms with Crippen molar-refractivity contribution in [3.8, 4) is 0 Å². The number of nitrogens with zero attached hydrogens (tertiary/aromatic N) is 2. The van der Waals surface area contributed by atoms with Gasteiger partial charge in [-0.1, -0.05) is 35.9 Å². The molecule has 0 aromatic heterocycles. The molecule has 6 rings (SSSR count). The fourth-order valence-electron chi connectivity index (χ4n) is 5.25. The first-order valence-corrected chi connectivity index (χ1v) is 14.8. The molecular formula is C34H30ClFN6O3. The van der Waals surface area contributed by atoms with E-state index in [9.17, 15) is 18.8 Å². The van der Waals surface area contributed by atoms with Gasteiger partial charge in [0.25, 0.3) is 5.91 Å². The van der Waals surface area contributed by atoms with Gasteiger partial charge in [-0.25, -0.2) is 9.18 Å². The van der Waals surface area contributed by atoms with E-state index in [-0.39, 0.29) is 22.4 Å². The average molecular weight is 625 g/mol. The minimum absolute atomic E-state index is 0.0351. The molecule has 0 spiro atoms. The number of likely N-dealkylation sites (N-methyl/N-ethyl adjacent to an activating group) is 1. The number of hydrogen-bond acceptors (Lipinski definition) is 6. The smallest absolute Gasteiger partial charge is 0.323 e. The maximum absolute atomic E-state index is 14.0. The molecule has 1 fully saturated rings. The summed E-state index contributed by atoms with van der Waals surface area (Å²) in [6.45, 7) is 4.04. The first-order chi connectivity index (χ1) is 21.7. The van der Waals surface area contributed by atoms with E-state index in [1.54, 1.807) is 42.6 Å². The zero-order valence-electron chi connectivity index (χ0n) is 24.4. The lowest BCUT2D eigenvalue weighted by Crippen LogP contribution is -2.44. The number of piperazine rings is 1. The molecule has 228 valence electrons. The zero-order chi connectivity index (χ0) is 31.5. The van der Waals surface area contributed by atoms with Gasteiger partial charge in [-0.05, 0) is 67.7 Å². The van der Waals surface area contributed by atoms with Gasteiger partial charge in [0.05, 0.1) is 11.3 Å². The standard InChI is InChI=1S/C34H30ClFN6O3/c1-41-13-15-42(16-14-41)26-9-7-24(8-10-26)37-20-28-27-11-5-22(18-31(27)39-33(28)44)32(43)21-3-2-4-25(17-21)38-34(45)40-30-12-6-23(35)19-29(30)36/h2-12,17-20,37H,13-16H2,1H3,(H,39,44)(H2,38,40,45)/b28-20+. The van der Waals surface area contributed by atoms with Crippen LogP contribution in [0.3, 0.4) is 0 Å². The van der Waals surface area contributed by atoms with E-state index in [0.717, 1.165) is 37.9 Å². The predicted octanol–water partition coefficient (Wildman–Crippen LogP) is 6.51. The summed E-state index contributed by atoms with van der Waals surface area (Å²) in [6.07, 6.45) is 1.67. The molecule has 0 bridgehead atoms. The summed E-state index contributed by atoms with van der Waals surface area (Å²) in [5.74, 6) is -1.24. The molecule has 0 radical (unpaired) electrons. The minimum atomic E-state index is -0.681. The lowest BCUT2D eigenvalue weighted by Gasteiger charge is -2.34. The Morgan fingerprint density at radius 3 is 2.38 bits per heavy atom. The molecule has 0 saturated carbocycles. The van der Waals surface area contributed by atoms with Gasteiger partial charge in [0, 0.05) is 76.8 Å². The van der Waals surface area contributed by atoms with Gasteiger partial charge in [-0.3, -0.25) is 9.59 Å². The summed E-state index contributed by atoms with van der Waals surface area (Å²) in [5, 5.41) is 11.3. The van der Waals surface area contributed by atoms with Crippen molar-refractivity contribution in [3.63, 3.8) is 0 Å². The molecule has 2 heterocycles. The zero-order valence-corrected chi connectivity index (χ0v) is 25.1. The second-order valence-electron chi connectivity index (χ2n) is 10.9. The third kappa shape index (κ3) is 6.82. The lowest BCUT2D eigenvalue weighted by molar-refractivity contribution is -0.110. The maximum Gasteiger partial charge on any atom is 0.323 e. The van der Waals surface area contributed by atoms with Crippen molar-refractivity contribution in [3.05, 3.63) is 119 Å². The van der Waals surface area contributed by atoms with Gasteiger partial charge in [0.1, 0.15) is 5.82 Å². The molecule has 4 aromatic rings. The fourth-order valence-corrected chi connectivity index (χ4v) is 5.41. The van der Waals surface area contributed by atoms with Gasteiger partial charge in [-0.2, -0.15) is 0 Å². The maximum atomic E-state index is 14.0. The van der Waals surface area contributed by atoms with Crippen LogP contribution in [0.25, 0.3) is 5.57 Å². The first kappa shape index (κ1) is 29.9. The van der Waals surface area contributed by atoms with Crippen molar-refractivity contribution in [2.75, 3.05) is 59.4 Å². The third-order valence-electron chi connectivity index (χ3n) is 7.75. The van der Waals surface area contributed by atoms with Crippen molar-refractivity contribution in [2.45, 2.75) is 0 Å². The van der Waals surface area contributed by atoms with Gasteiger partial charge in [0.15, 0.2) is 5.78 Å². The highest BCUT2D eigenvalue weighted by Gasteiger charge is 2.25. The van der Waals surface area contributed by atoms with E-state index < -0.39 is 11.8 Å². The molecule has 3 amide bonds. The summed E-state index contributed by atoms with van der Waals surface area (Å²) in [5.41, 5.74) is 4.69. The number of hydrogen-bond donors (Lipinski definition) is 4. The van der Waals surface area contributed by atoms with Crippen LogP contribution >= 0.6 is 11.6 Å². The van der Waals surface area contributed by atoms with E-state index >= 15 is 0 Å². The number of amides is 3. The van der Waals surface area contributed by atoms with E-state index in [1.807, 2.05) is 12.1 Å². The van der Waals surface area contributed by atoms with Crippen molar-refractivity contribution in [1.29, 1.82) is 0 Å². The van der Waals surface area contributed by atoms with Crippen LogP contribution in [-0.4, -0.2) is 55.8 Å². The topological polar surface area (TPSA) is 106 Å². The molecule has 11 heteroatoms. The Morgan fingerprint density at radius 1 is 0.867 bits per heavy atom. The van der Waals surface area contributed by atoms with E-state index in [2.05, 4.69) is 50.2 Å². The Kier molecular flexibility index (Phi) is 8.50. The molecule has 0 unspecified atom stereocenters. The highest BCUT2D eigenvalue weighted by atomic mass is 35.5. The van der Waals surface area contributed by atoms with Crippen LogP contribution in [0.1, 0.15) is 21.5 Å². The average Bonchev–Trinajstić information content (AvgIpc) is 3.35. The fraction of sp³-hybridized carbons (Fsp3) is 0.147. The Morgan fingerprint density at radius 2 is 1.62 bits per heavy atom. The number of benzene rings is 4. The molecular weight excluding hydrogens is 595 g/mol. The molecule has 0 atom stereocenters. The number of urea groups is 1. The molecule has 2 aliphatic rings. The Hall–Kier alpha value is -5.19. The second kappa shape index (κ2) is 12.8. The van der Waals surface area contributed by atoms with E-state index in [0.29, 0.717) is 33.6 Å². The number of rotatable bonds is 7. The number of nitrogens with one attached hydrogen (secondary N) is 4. The van der Waals surface area contributed by atoms with Gasteiger partial charge in [0.2, 0.25) is 0 Å². The largest absolute Gasteiger partial charge is 0.369 e. The van der Waals surface area contributed by atoms with Crippen molar-refractivity contribution in [2.24, 2.45) is 0 Å². The monoisotopic (exact) mass is 624 g/mol. The quantitative estimate of drug-likeness (QED) is 0.138. The number of carbonyl (C=O) groups excluding carboxylic acids is 3. The van der Waals surface area contributed by atoms with Crippen LogP contribution in [-0.2, 0) is 4.79 Å². The first-order valence-electron chi connectivity index (χ1n) is 14.4. The Labute approximate surface area is 264 Å². The van der Waals surface area contributed by atoms with Crippen LogP contribution in [0.15, 0.2) is 91.1 Å². The van der Waals surface area contributed by atoms with E-state index in [1.165, 1.54) is 23.9 Å². The van der Waals surface area contributed by atoms with Gasteiger partial charge in [-0.15, -0.1) is 0 Å². The summed E-state index contributed by atoms with van der Waals surface area (Å²) >= 11 is 5.76. The number of ketones is 1. The third-order valence-corrected chi connectivity index (χ3v) is 7.98. The van der Waals surface area contributed by atoms with Crippen LogP contribution in [0.2, 0.25) is 5.02 Å². The predicted molar refractivity (Wildman–Crippen MR) is 177 cm³/mol. The number of fused-ring (bicyclic) bond motifs is 1. The molecule has 9 nitrogen and oxygen atoms in total. The van der Waals surface area contributed by atoms with Crippen LogP contribution in [0.5, 0.6) is 0 Å². The summed E-state index contributed by atoms with van der Waals surface area (Å²) < 4.78 is 14.0. The van der Waals surface area contributed by atoms with Crippen LogP contribution in [0.4, 0.5) is 37.6 Å². The summed E-state index contributed by atoms with van der Waals surface area (Å²) in [6, 6.07) is 22.8. The van der Waals surface area contributed by atoms with Crippen LogP contribution < -0.4 is 26.2 Å². The number of anilines is 5. The van der Waals surface area contributed by atoms with E-state index in [4.69, 9.17) is 11.6 Å². The van der Waals surface area contributed by atoms with Crippen molar-refractivity contribution < 1.29 is 18.8 Å². The normalized spacial score (nSPS) is 15.4. The molecule has 2 aliphatic heterocycles. The molecule has 1 saturated heterocycles. The molecule has 4 aromatic carbocycles. The Balaban J connectivity index is 1.11. The molecule has 45 heavy (non-hydrogen) atoms. The molecule has 4 N–H and O–H groups in total. The highest BCUT2D eigenvalue weighted by Crippen LogP contribution is 2.33. The number of halogens is 2. The Bertz CT molecular complexity index is 1820.